The second-order valence-electron chi connectivity index (χ2n) is 5.14. The zero-order valence-corrected chi connectivity index (χ0v) is 11.0. The third-order valence-electron chi connectivity index (χ3n) is 3.51. The summed E-state index contributed by atoms with van der Waals surface area (Å²) >= 11 is 0. The van der Waals surface area contributed by atoms with E-state index in [1.165, 1.54) is 0 Å². The summed E-state index contributed by atoms with van der Waals surface area (Å²) in [6, 6.07) is 20.0. The Bertz CT molecular complexity index is 432. The van der Waals surface area contributed by atoms with E-state index in [-0.39, 0.29) is 13.2 Å². The van der Waals surface area contributed by atoms with E-state index in [9.17, 15) is 10.2 Å². The average molecular weight is 256 g/mol. The molecule has 0 radical (unpaired) electrons. The lowest BCUT2D eigenvalue weighted by molar-refractivity contribution is 0.0548. The highest BCUT2D eigenvalue weighted by molar-refractivity contribution is 5.21. The predicted molar refractivity (Wildman–Crippen MR) is 76.9 cm³/mol. The van der Waals surface area contributed by atoms with Crippen LogP contribution in [0.1, 0.15) is 11.1 Å². The summed E-state index contributed by atoms with van der Waals surface area (Å²) < 4.78 is 0. The first-order chi connectivity index (χ1) is 9.28. The van der Waals surface area contributed by atoms with Gasteiger partial charge in [0, 0.05) is 5.41 Å². The van der Waals surface area contributed by atoms with Crippen molar-refractivity contribution in [2.45, 2.75) is 12.8 Å². The SMILES string of the molecule is OCC(CO)(Cc1ccccc1)Cc1ccccc1. The van der Waals surface area contributed by atoms with Gasteiger partial charge in [-0.3, -0.25) is 0 Å². The summed E-state index contributed by atoms with van der Waals surface area (Å²) in [6.07, 6.45) is 1.35. The van der Waals surface area contributed by atoms with Gasteiger partial charge in [-0.05, 0) is 24.0 Å². The van der Waals surface area contributed by atoms with Crippen LogP contribution in [0.2, 0.25) is 0 Å². The fraction of sp³-hybridized carbons (Fsp3) is 0.294. The monoisotopic (exact) mass is 256 g/mol. The first kappa shape index (κ1) is 13.8. The molecule has 0 amide bonds. The van der Waals surface area contributed by atoms with Gasteiger partial charge in [-0.15, -0.1) is 0 Å². The van der Waals surface area contributed by atoms with Crippen LogP contribution < -0.4 is 0 Å². The Labute approximate surface area is 114 Å². The maximum Gasteiger partial charge on any atom is 0.0515 e. The van der Waals surface area contributed by atoms with Gasteiger partial charge in [0.2, 0.25) is 0 Å². The molecule has 0 saturated heterocycles. The molecule has 2 rings (SSSR count). The molecule has 0 unspecified atom stereocenters. The van der Waals surface area contributed by atoms with Crippen molar-refractivity contribution in [3.05, 3.63) is 71.8 Å². The Morgan fingerprint density at radius 2 is 1.00 bits per heavy atom. The summed E-state index contributed by atoms with van der Waals surface area (Å²) in [5, 5.41) is 19.5. The highest BCUT2D eigenvalue weighted by Crippen LogP contribution is 2.27. The molecule has 0 saturated carbocycles. The van der Waals surface area contributed by atoms with Crippen LogP contribution in [0.15, 0.2) is 60.7 Å². The number of benzene rings is 2. The highest BCUT2D eigenvalue weighted by atomic mass is 16.3. The van der Waals surface area contributed by atoms with E-state index in [0.29, 0.717) is 12.8 Å². The number of hydrogen-bond donors (Lipinski definition) is 2. The van der Waals surface area contributed by atoms with Crippen molar-refractivity contribution in [3.8, 4) is 0 Å². The van der Waals surface area contributed by atoms with Gasteiger partial charge in [0.1, 0.15) is 0 Å². The lowest BCUT2D eigenvalue weighted by Gasteiger charge is -2.30. The van der Waals surface area contributed by atoms with E-state index in [1.807, 2.05) is 60.7 Å². The third kappa shape index (κ3) is 3.66. The molecule has 0 aliphatic heterocycles. The van der Waals surface area contributed by atoms with Crippen LogP contribution in [-0.4, -0.2) is 23.4 Å². The Morgan fingerprint density at radius 1 is 0.632 bits per heavy atom. The molecule has 0 aliphatic rings. The van der Waals surface area contributed by atoms with E-state index in [2.05, 4.69) is 0 Å². The molecule has 0 atom stereocenters. The van der Waals surface area contributed by atoms with Gasteiger partial charge in [-0.1, -0.05) is 60.7 Å². The molecule has 2 N–H and O–H groups in total. The van der Waals surface area contributed by atoms with Crippen LogP contribution in [0, 0.1) is 5.41 Å². The van der Waals surface area contributed by atoms with Gasteiger partial charge in [0.15, 0.2) is 0 Å². The van der Waals surface area contributed by atoms with Crippen molar-refractivity contribution in [3.63, 3.8) is 0 Å². The summed E-state index contributed by atoms with van der Waals surface area (Å²) in [6.45, 7) is -0.0411. The van der Waals surface area contributed by atoms with Crippen LogP contribution in [0.3, 0.4) is 0 Å². The largest absolute Gasteiger partial charge is 0.396 e. The van der Waals surface area contributed by atoms with Crippen LogP contribution in [0.25, 0.3) is 0 Å². The van der Waals surface area contributed by atoms with Crippen LogP contribution >= 0.6 is 0 Å². The lowest BCUT2D eigenvalue weighted by Crippen LogP contribution is -2.34. The van der Waals surface area contributed by atoms with E-state index in [0.717, 1.165) is 11.1 Å². The molecule has 2 nitrogen and oxygen atoms in total. The molecule has 0 fully saturated rings. The van der Waals surface area contributed by atoms with Gasteiger partial charge in [0.05, 0.1) is 13.2 Å². The zero-order valence-electron chi connectivity index (χ0n) is 11.0. The maximum atomic E-state index is 9.74. The Hall–Kier alpha value is -1.64. The molecule has 0 aliphatic carbocycles. The van der Waals surface area contributed by atoms with Gasteiger partial charge in [-0.25, -0.2) is 0 Å². The van der Waals surface area contributed by atoms with Gasteiger partial charge < -0.3 is 10.2 Å². The molecule has 0 bridgehead atoms. The minimum Gasteiger partial charge on any atom is -0.396 e. The normalized spacial score (nSPS) is 11.5. The van der Waals surface area contributed by atoms with Crippen molar-refractivity contribution in [2.75, 3.05) is 13.2 Å². The van der Waals surface area contributed by atoms with Crippen molar-refractivity contribution in [1.29, 1.82) is 0 Å². The van der Waals surface area contributed by atoms with Crippen LogP contribution in [0.4, 0.5) is 0 Å². The minimum atomic E-state index is -0.497. The van der Waals surface area contributed by atoms with E-state index >= 15 is 0 Å². The van der Waals surface area contributed by atoms with E-state index in [4.69, 9.17) is 0 Å². The second kappa shape index (κ2) is 6.50. The molecule has 100 valence electrons. The summed E-state index contributed by atoms with van der Waals surface area (Å²) in [7, 11) is 0. The number of rotatable bonds is 6. The molecule has 0 heterocycles. The summed E-state index contributed by atoms with van der Waals surface area (Å²) in [5.41, 5.74) is 1.78. The fourth-order valence-electron chi connectivity index (χ4n) is 2.39. The molecule has 2 heteroatoms. The smallest absolute Gasteiger partial charge is 0.0515 e. The summed E-state index contributed by atoms with van der Waals surface area (Å²) in [5.74, 6) is 0. The van der Waals surface area contributed by atoms with Gasteiger partial charge in [0.25, 0.3) is 0 Å². The zero-order chi connectivity index (χ0) is 13.6. The first-order valence-electron chi connectivity index (χ1n) is 6.58. The number of aliphatic hydroxyl groups is 2. The number of aliphatic hydroxyl groups excluding tert-OH is 2. The Kier molecular flexibility index (Phi) is 4.72. The van der Waals surface area contributed by atoms with Gasteiger partial charge in [-0.2, -0.15) is 0 Å². The standard InChI is InChI=1S/C17H20O2/c18-13-17(14-19,11-15-7-3-1-4-8-15)12-16-9-5-2-6-10-16/h1-10,18-19H,11-14H2. The molecular formula is C17H20O2. The van der Waals surface area contributed by atoms with Gasteiger partial charge >= 0.3 is 0 Å². The van der Waals surface area contributed by atoms with Crippen molar-refractivity contribution in [2.24, 2.45) is 5.41 Å². The topological polar surface area (TPSA) is 40.5 Å². The predicted octanol–water partition coefficient (Wildman–Crippen LogP) is 2.44. The molecule has 19 heavy (non-hydrogen) atoms. The minimum absolute atomic E-state index is 0.0205. The first-order valence-corrected chi connectivity index (χ1v) is 6.58. The Morgan fingerprint density at radius 3 is 1.32 bits per heavy atom. The van der Waals surface area contributed by atoms with Crippen molar-refractivity contribution >= 4 is 0 Å². The molecular weight excluding hydrogens is 236 g/mol. The number of hydrogen-bond acceptors (Lipinski definition) is 2. The summed E-state index contributed by atoms with van der Waals surface area (Å²) in [4.78, 5) is 0. The van der Waals surface area contributed by atoms with Crippen LogP contribution in [0.5, 0.6) is 0 Å². The lowest BCUT2D eigenvalue weighted by atomic mass is 9.78. The Balaban J connectivity index is 2.18. The molecule has 0 spiro atoms. The van der Waals surface area contributed by atoms with Crippen LogP contribution in [-0.2, 0) is 12.8 Å². The quantitative estimate of drug-likeness (QED) is 0.833. The van der Waals surface area contributed by atoms with Crippen molar-refractivity contribution < 1.29 is 10.2 Å². The second-order valence-corrected chi connectivity index (χ2v) is 5.14. The molecule has 0 aromatic heterocycles. The highest BCUT2D eigenvalue weighted by Gasteiger charge is 2.29. The fourth-order valence-corrected chi connectivity index (χ4v) is 2.39. The van der Waals surface area contributed by atoms with E-state index < -0.39 is 5.41 Å². The third-order valence-corrected chi connectivity index (χ3v) is 3.51. The van der Waals surface area contributed by atoms with Crippen molar-refractivity contribution in [1.82, 2.24) is 0 Å². The average Bonchev–Trinajstić information content (AvgIpc) is 2.48. The molecule has 2 aromatic carbocycles. The maximum absolute atomic E-state index is 9.74. The molecule has 2 aromatic rings. The van der Waals surface area contributed by atoms with E-state index in [1.54, 1.807) is 0 Å².